The topological polar surface area (TPSA) is 44.1 Å². The zero-order chi connectivity index (χ0) is 15.6. The average Bonchev–Trinajstić information content (AvgIpc) is 2.80. The lowest BCUT2D eigenvalue weighted by atomic mass is 10.2. The van der Waals surface area contributed by atoms with Crippen LogP contribution in [0.15, 0.2) is 30.3 Å². The summed E-state index contributed by atoms with van der Waals surface area (Å²) < 4.78 is 43.8. The van der Waals surface area contributed by atoms with Crippen molar-refractivity contribution in [3.8, 4) is 5.69 Å². The molecule has 21 heavy (non-hydrogen) atoms. The number of rotatable bonds is 3. The molecule has 1 heterocycles. The van der Waals surface area contributed by atoms with E-state index in [0.717, 1.165) is 12.1 Å². The molecule has 0 N–H and O–H groups in total. The van der Waals surface area contributed by atoms with Crippen molar-refractivity contribution in [3.05, 3.63) is 47.3 Å². The molecule has 112 valence electrons. The van der Waals surface area contributed by atoms with Crippen LogP contribution in [0.1, 0.15) is 28.7 Å². The van der Waals surface area contributed by atoms with Gasteiger partial charge in [0.25, 0.3) is 0 Å². The Bertz CT molecular complexity index is 645. The van der Waals surface area contributed by atoms with Gasteiger partial charge in [-0.25, -0.2) is 9.48 Å². The van der Waals surface area contributed by atoms with Crippen LogP contribution in [0.2, 0.25) is 0 Å². The number of esters is 1. The van der Waals surface area contributed by atoms with Crippen molar-refractivity contribution in [3.63, 3.8) is 0 Å². The minimum atomic E-state index is -4.40. The van der Waals surface area contributed by atoms with Crippen LogP contribution in [0.25, 0.3) is 5.69 Å². The molecule has 0 radical (unpaired) electrons. The van der Waals surface area contributed by atoms with Crippen LogP contribution in [0, 0.1) is 6.92 Å². The van der Waals surface area contributed by atoms with Gasteiger partial charge in [-0.2, -0.15) is 18.3 Å². The van der Waals surface area contributed by atoms with Crippen LogP contribution in [0.4, 0.5) is 13.2 Å². The van der Waals surface area contributed by atoms with E-state index in [9.17, 15) is 18.0 Å². The third kappa shape index (κ3) is 3.24. The van der Waals surface area contributed by atoms with Crippen molar-refractivity contribution < 1.29 is 22.7 Å². The molecule has 0 aliphatic carbocycles. The van der Waals surface area contributed by atoms with E-state index in [1.807, 2.05) is 0 Å². The van der Waals surface area contributed by atoms with Gasteiger partial charge < -0.3 is 4.74 Å². The second-order valence-electron chi connectivity index (χ2n) is 4.35. The second-order valence-corrected chi connectivity index (χ2v) is 4.35. The Labute approximate surface area is 119 Å². The lowest BCUT2D eigenvalue weighted by Crippen LogP contribution is -2.12. The standard InChI is InChI=1S/C14H13F3N2O2/c1-3-21-13(20)12-8-9(2)18-19(12)11-6-4-10(5-7-11)14(15,16)17/h4-8H,3H2,1-2H3. The van der Waals surface area contributed by atoms with E-state index < -0.39 is 17.7 Å². The molecular weight excluding hydrogens is 285 g/mol. The van der Waals surface area contributed by atoms with Gasteiger partial charge in [-0.05, 0) is 44.2 Å². The predicted molar refractivity (Wildman–Crippen MR) is 69.3 cm³/mol. The van der Waals surface area contributed by atoms with Gasteiger partial charge in [0, 0.05) is 0 Å². The minimum absolute atomic E-state index is 0.175. The number of aromatic nitrogens is 2. The van der Waals surface area contributed by atoms with Crippen molar-refractivity contribution >= 4 is 5.97 Å². The molecule has 0 atom stereocenters. The maximum absolute atomic E-state index is 12.5. The Kier molecular flexibility index (Phi) is 4.02. The number of carbonyl (C=O) groups is 1. The summed E-state index contributed by atoms with van der Waals surface area (Å²) in [6, 6.07) is 5.94. The maximum atomic E-state index is 12.5. The lowest BCUT2D eigenvalue weighted by molar-refractivity contribution is -0.137. The molecule has 0 fully saturated rings. The predicted octanol–water partition coefficient (Wildman–Crippen LogP) is 3.38. The summed E-state index contributed by atoms with van der Waals surface area (Å²) in [6.45, 7) is 3.56. The Balaban J connectivity index is 2.40. The summed E-state index contributed by atoms with van der Waals surface area (Å²) in [7, 11) is 0. The van der Waals surface area contributed by atoms with Crippen LogP contribution in [0.5, 0.6) is 0 Å². The van der Waals surface area contributed by atoms with Gasteiger partial charge in [0.1, 0.15) is 0 Å². The molecule has 7 heteroatoms. The quantitative estimate of drug-likeness (QED) is 0.816. The summed E-state index contributed by atoms with van der Waals surface area (Å²) in [5.74, 6) is -0.571. The van der Waals surface area contributed by atoms with Gasteiger partial charge >= 0.3 is 12.1 Å². The molecule has 0 saturated heterocycles. The van der Waals surface area contributed by atoms with E-state index >= 15 is 0 Å². The highest BCUT2D eigenvalue weighted by molar-refractivity contribution is 5.88. The molecule has 0 aliphatic heterocycles. The maximum Gasteiger partial charge on any atom is 0.416 e. The van der Waals surface area contributed by atoms with E-state index in [1.165, 1.54) is 22.9 Å². The Morgan fingerprint density at radius 1 is 1.29 bits per heavy atom. The molecule has 0 aliphatic rings. The van der Waals surface area contributed by atoms with Crippen molar-refractivity contribution in [1.82, 2.24) is 9.78 Å². The van der Waals surface area contributed by atoms with E-state index in [0.29, 0.717) is 11.4 Å². The summed E-state index contributed by atoms with van der Waals surface area (Å²) in [5, 5.41) is 4.11. The van der Waals surface area contributed by atoms with Crippen molar-refractivity contribution in [2.75, 3.05) is 6.61 Å². The Hall–Kier alpha value is -2.31. The second kappa shape index (κ2) is 5.59. The first kappa shape index (κ1) is 15.1. The number of hydrogen-bond acceptors (Lipinski definition) is 3. The normalized spacial score (nSPS) is 11.5. The fourth-order valence-electron chi connectivity index (χ4n) is 1.84. The first-order valence-electron chi connectivity index (χ1n) is 6.24. The zero-order valence-electron chi connectivity index (χ0n) is 11.4. The molecule has 4 nitrogen and oxygen atoms in total. The number of alkyl halides is 3. The van der Waals surface area contributed by atoms with Crippen LogP contribution in [0.3, 0.4) is 0 Å². The lowest BCUT2D eigenvalue weighted by Gasteiger charge is -2.09. The smallest absolute Gasteiger partial charge is 0.416 e. The van der Waals surface area contributed by atoms with Crippen molar-refractivity contribution in [1.29, 1.82) is 0 Å². The van der Waals surface area contributed by atoms with Gasteiger partial charge in [0.15, 0.2) is 5.69 Å². The summed E-state index contributed by atoms with van der Waals surface area (Å²) in [6.07, 6.45) is -4.40. The molecular formula is C14H13F3N2O2. The first-order chi connectivity index (χ1) is 9.82. The van der Waals surface area contributed by atoms with Crippen molar-refractivity contribution in [2.45, 2.75) is 20.0 Å². The van der Waals surface area contributed by atoms with Crippen molar-refractivity contribution in [2.24, 2.45) is 0 Å². The van der Waals surface area contributed by atoms with Gasteiger partial charge in [-0.15, -0.1) is 0 Å². The largest absolute Gasteiger partial charge is 0.461 e. The number of carbonyl (C=O) groups excluding carboxylic acids is 1. The fraction of sp³-hybridized carbons (Fsp3) is 0.286. The van der Waals surface area contributed by atoms with E-state index in [-0.39, 0.29) is 12.3 Å². The number of nitrogens with zero attached hydrogens (tertiary/aromatic N) is 2. The number of ether oxygens (including phenoxy) is 1. The highest BCUT2D eigenvalue weighted by Gasteiger charge is 2.30. The first-order valence-corrected chi connectivity index (χ1v) is 6.24. The minimum Gasteiger partial charge on any atom is -0.461 e. The number of hydrogen-bond donors (Lipinski definition) is 0. The molecule has 0 saturated carbocycles. The summed E-state index contributed by atoms with van der Waals surface area (Å²) >= 11 is 0. The summed E-state index contributed by atoms with van der Waals surface area (Å²) in [5.41, 5.74) is 0.346. The molecule has 1 aromatic carbocycles. The number of benzene rings is 1. The zero-order valence-corrected chi connectivity index (χ0v) is 11.4. The highest BCUT2D eigenvalue weighted by atomic mass is 19.4. The van der Waals surface area contributed by atoms with Gasteiger partial charge in [-0.1, -0.05) is 0 Å². The molecule has 0 bridgehead atoms. The molecule has 2 rings (SSSR count). The number of halogens is 3. The molecule has 0 amide bonds. The van der Waals surface area contributed by atoms with Crippen LogP contribution >= 0.6 is 0 Å². The SMILES string of the molecule is CCOC(=O)c1cc(C)nn1-c1ccc(C(F)(F)F)cc1. The van der Waals surface area contributed by atoms with Crippen LogP contribution < -0.4 is 0 Å². The molecule has 1 aromatic heterocycles. The Morgan fingerprint density at radius 3 is 2.43 bits per heavy atom. The van der Waals surface area contributed by atoms with Gasteiger partial charge in [0.05, 0.1) is 23.6 Å². The van der Waals surface area contributed by atoms with E-state index in [4.69, 9.17) is 4.74 Å². The third-order valence-electron chi connectivity index (χ3n) is 2.76. The van der Waals surface area contributed by atoms with Crippen LogP contribution in [-0.2, 0) is 10.9 Å². The monoisotopic (exact) mass is 298 g/mol. The van der Waals surface area contributed by atoms with Gasteiger partial charge in [-0.3, -0.25) is 0 Å². The van der Waals surface area contributed by atoms with E-state index in [2.05, 4.69) is 5.10 Å². The van der Waals surface area contributed by atoms with E-state index in [1.54, 1.807) is 13.8 Å². The number of aryl methyl sites for hydroxylation is 1. The summed E-state index contributed by atoms with van der Waals surface area (Å²) in [4.78, 5) is 11.8. The average molecular weight is 298 g/mol. The third-order valence-corrected chi connectivity index (χ3v) is 2.76. The highest BCUT2D eigenvalue weighted by Crippen LogP contribution is 2.29. The molecule has 2 aromatic rings. The van der Waals surface area contributed by atoms with Crippen LogP contribution in [-0.4, -0.2) is 22.4 Å². The molecule has 0 unspecified atom stereocenters. The fourth-order valence-corrected chi connectivity index (χ4v) is 1.84. The Morgan fingerprint density at radius 2 is 1.90 bits per heavy atom. The molecule has 0 spiro atoms. The van der Waals surface area contributed by atoms with Gasteiger partial charge in [0.2, 0.25) is 0 Å².